The van der Waals surface area contributed by atoms with Crippen LogP contribution in [0, 0.1) is 14.9 Å². The van der Waals surface area contributed by atoms with E-state index in [1.807, 2.05) is 30.3 Å². The lowest BCUT2D eigenvalue weighted by molar-refractivity contribution is -0.385. The second-order valence-electron chi connectivity index (χ2n) is 5.52. The molecule has 0 atom stereocenters. The van der Waals surface area contributed by atoms with Gasteiger partial charge >= 0.3 is 5.69 Å². The number of hydrogen-bond acceptors (Lipinski definition) is 7. The molecule has 9 nitrogen and oxygen atoms in total. The summed E-state index contributed by atoms with van der Waals surface area (Å²) in [6, 6.07) is 13.9. The molecule has 3 aromatic rings. The number of benzene rings is 2. The van der Waals surface area contributed by atoms with E-state index < -0.39 is 4.92 Å². The predicted octanol–water partition coefficient (Wildman–Crippen LogP) is 3.71. The first-order valence-corrected chi connectivity index (χ1v) is 8.79. The molecule has 2 aromatic carbocycles. The summed E-state index contributed by atoms with van der Waals surface area (Å²) in [6.07, 6.45) is 1.46. The summed E-state index contributed by atoms with van der Waals surface area (Å²) >= 11 is 5.19. The van der Waals surface area contributed by atoms with E-state index in [0.29, 0.717) is 23.7 Å². The number of rotatable bonds is 8. The van der Waals surface area contributed by atoms with Crippen LogP contribution in [0.2, 0.25) is 0 Å². The summed E-state index contributed by atoms with van der Waals surface area (Å²) in [6.45, 7) is 2.25. The number of hydrogen-bond donors (Lipinski definition) is 1. The fourth-order valence-corrected chi connectivity index (χ4v) is 2.56. The largest absolute Gasteiger partial charge is 0.487 e. The van der Waals surface area contributed by atoms with Crippen molar-refractivity contribution < 1.29 is 14.4 Å². The molecule has 0 spiro atoms. The van der Waals surface area contributed by atoms with Gasteiger partial charge in [-0.1, -0.05) is 18.2 Å². The fraction of sp³-hybridized carbons (Fsp3) is 0.167. The number of H-pyrrole nitrogens is 1. The first-order chi connectivity index (χ1) is 13.6. The average Bonchev–Trinajstić information content (AvgIpc) is 3.06. The lowest BCUT2D eigenvalue weighted by Crippen LogP contribution is -2.04. The van der Waals surface area contributed by atoms with E-state index in [0.717, 1.165) is 0 Å². The lowest BCUT2D eigenvalue weighted by atomic mass is 10.2. The zero-order valence-corrected chi connectivity index (χ0v) is 15.8. The topological polar surface area (TPSA) is 108 Å². The van der Waals surface area contributed by atoms with Gasteiger partial charge in [-0.15, -0.1) is 0 Å². The van der Waals surface area contributed by atoms with Crippen LogP contribution >= 0.6 is 12.2 Å². The number of aromatic amines is 1. The van der Waals surface area contributed by atoms with Crippen LogP contribution in [-0.2, 0) is 6.61 Å². The highest BCUT2D eigenvalue weighted by Gasteiger charge is 2.15. The second-order valence-corrected chi connectivity index (χ2v) is 5.91. The van der Waals surface area contributed by atoms with Crippen molar-refractivity contribution >= 4 is 24.1 Å². The van der Waals surface area contributed by atoms with Gasteiger partial charge in [0.05, 0.1) is 17.7 Å². The molecule has 1 N–H and O–H groups in total. The normalized spacial score (nSPS) is 10.9. The first-order valence-electron chi connectivity index (χ1n) is 8.38. The highest BCUT2D eigenvalue weighted by Crippen LogP contribution is 2.27. The molecule has 0 amide bonds. The fourth-order valence-electron chi connectivity index (χ4n) is 2.36. The van der Waals surface area contributed by atoms with Gasteiger partial charge in [-0.25, -0.2) is 5.10 Å². The van der Waals surface area contributed by atoms with Gasteiger partial charge in [-0.3, -0.25) is 10.1 Å². The van der Waals surface area contributed by atoms with Crippen LogP contribution in [0.1, 0.15) is 18.3 Å². The minimum Gasteiger partial charge on any atom is -0.487 e. The standard InChI is InChI=1S/C18H17N5O4S/c1-2-26-16-9-8-13(10-15(16)23(24)25)11-19-22-17(20-21-18(22)28)12-27-14-6-4-3-5-7-14/h3-11H,2,12H2,1H3,(H,21,28)/b19-11-. The molecular formula is C18H17N5O4S. The molecule has 0 aliphatic heterocycles. The molecular weight excluding hydrogens is 382 g/mol. The van der Waals surface area contributed by atoms with Crippen molar-refractivity contribution in [2.24, 2.45) is 5.10 Å². The molecule has 144 valence electrons. The van der Waals surface area contributed by atoms with Crippen LogP contribution in [0.4, 0.5) is 5.69 Å². The molecule has 10 heteroatoms. The summed E-state index contributed by atoms with van der Waals surface area (Å²) in [5.41, 5.74) is 0.391. The Balaban J connectivity index is 1.81. The maximum atomic E-state index is 11.2. The summed E-state index contributed by atoms with van der Waals surface area (Å²) in [4.78, 5) is 10.7. The van der Waals surface area contributed by atoms with E-state index in [1.54, 1.807) is 13.0 Å². The molecule has 0 bridgehead atoms. The molecule has 0 radical (unpaired) electrons. The third kappa shape index (κ3) is 4.60. The van der Waals surface area contributed by atoms with Crippen molar-refractivity contribution in [3.8, 4) is 11.5 Å². The maximum Gasteiger partial charge on any atom is 0.311 e. The molecule has 0 unspecified atom stereocenters. The maximum absolute atomic E-state index is 11.2. The zero-order valence-electron chi connectivity index (χ0n) is 14.9. The number of nitro groups is 1. The number of ether oxygens (including phenoxy) is 2. The summed E-state index contributed by atoms with van der Waals surface area (Å²) in [5, 5.41) is 22.3. The Labute approximate surface area is 165 Å². The Morgan fingerprint density at radius 2 is 2.07 bits per heavy atom. The minimum absolute atomic E-state index is 0.130. The van der Waals surface area contributed by atoms with Gasteiger partial charge in [-0.05, 0) is 43.4 Å². The van der Waals surface area contributed by atoms with Crippen molar-refractivity contribution in [3.63, 3.8) is 0 Å². The Bertz CT molecular complexity index is 1050. The highest BCUT2D eigenvalue weighted by atomic mass is 32.1. The molecule has 0 saturated heterocycles. The molecule has 0 saturated carbocycles. The van der Waals surface area contributed by atoms with Crippen LogP contribution in [0.25, 0.3) is 0 Å². The number of aromatic nitrogens is 3. The SMILES string of the molecule is CCOc1ccc(/C=N\n2c(COc3ccccc3)n[nH]c2=S)cc1[N+](=O)[O-]. The van der Waals surface area contributed by atoms with Crippen LogP contribution < -0.4 is 9.47 Å². The monoisotopic (exact) mass is 399 g/mol. The lowest BCUT2D eigenvalue weighted by Gasteiger charge is -2.05. The molecule has 1 aromatic heterocycles. The molecule has 28 heavy (non-hydrogen) atoms. The number of nitrogens with zero attached hydrogens (tertiary/aromatic N) is 4. The van der Waals surface area contributed by atoms with E-state index in [1.165, 1.54) is 23.0 Å². The van der Waals surface area contributed by atoms with Crippen LogP contribution in [0.3, 0.4) is 0 Å². The van der Waals surface area contributed by atoms with Crippen LogP contribution in [0.5, 0.6) is 11.5 Å². The summed E-state index contributed by atoms with van der Waals surface area (Å²) < 4.78 is 12.6. The van der Waals surface area contributed by atoms with Gasteiger partial charge in [0.15, 0.2) is 11.6 Å². The summed E-state index contributed by atoms with van der Waals surface area (Å²) in [5.74, 6) is 1.36. The first kappa shape index (κ1) is 19.2. The average molecular weight is 399 g/mol. The van der Waals surface area contributed by atoms with Gasteiger partial charge < -0.3 is 9.47 Å². The third-order valence-corrected chi connectivity index (χ3v) is 3.89. The van der Waals surface area contributed by atoms with Crippen LogP contribution in [0.15, 0.2) is 53.6 Å². The molecule has 1 heterocycles. The Kier molecular flexibility index (Phi) is 6.12. The molecule has 0 aliphatic rings. The number of nitro benzene ring substituents is 1. The Hall–Kier alpha value is -3.53. The second kappa shape index (κ2) is 8.91. The van der Waals surface area contributed by atoms with E-state index in [4.69, 9.17) is 21.7 Å². The van der Waals surface area contributed by atoms with Gasteiger partial charge in [0.25, 0.3) is 0 Å². The van der Waals surface area contributed by atoms with Crippen LogP contribution in [-0.4, -0.2) is 32.6 Å². The third-order valence-electron chi connectivity index (χ3n) is 3.63. The van der Waals surface area contributed by atoms with Crippen molar-refractivity contribution in [3.05, 3.63) is 74.8 Å². The molecule has 0 fully saturated rings. The van der Waals surface area contributed by atoms with Crippen molar-refractivity contribution in [2.75, 3.05) is 6.61 Å². The van der Waals surface area contributed by atoms with Crippen molar-refractivity contribution in [1.29, 1.82) is 0 Å². The van der Waals surface area contributed by atoms with Gasteiger partial charge in [0.2, 0.25) is 4.77 Å². The van der Waals surface area contributed by atoms with E-state index >= 15 is 0 Å². The smallest absolute Gasteiger partial charge is 0.311 e. The quantitative estimate of drug-likeness (QED) is 0.268. The van der Waals surface area contributed by atoms with E-state index in [9.17, 15) is 10.1 Å². The Morgan fingerprint density at radius 1 is 1.29 bits per heavy atom. The Morgan fingerprint density at radius 3 is 2.79 bits per heavy atom. The minimum atomic E-state index is -0.495. The molecule has 0 aliphatic carbocycles. The van der Waals surface area contributed by atoms with Crippen molar-refractivity contribution in [1.82, 2.24) is 14.9 Å². The molecule has 3 rings (SSSR count). The number of nitrogens with one attached hydrogen (secondary N) is 1. The highest BCUT2D eigenvalue weighted by molar-refractivity contribution is 7.71. The number of para-hydroxylation sites is 1. The van der Waals surface area contributed by atoms with Crippen molar-refractivity contribution in [2.45, 2.75) is 13.5 Å². The summed E-state index contributed by atoms with van der Waals surface area (Å²) in [7, 11) is 0. The van der Waals surface area contributed by atoms with Gasteiger partial charge in [-0.2, -0.15) is 14.9 Å². The predicted molar refractivity (Wildman–Crippen MR) is 105 cm³/mol. The zero-order chi connectivity index (χ0) is 19.9. The van der Waals surface area contributed by atoms with E-state index in [-0.39, 0.29) is 22.8 Å². The van der Waals surface area contributed by atoms with E-state index in [2.05, 4.69) is 15.3 Å². The van der Waals surface area contributed by atoms with Gasteiger partial charge in [0, 0.05) is 11.6 Å². The van der Waals surface area contributed by atoms with Gasteiger partial charge in [0.1, 0.15) is 12.4 Å².